The summed E-state index contributed by atoms with van der Waals surface area (Å²) < 4.78 is 0. The van der Waals surface area contributed by atoms with Crippen LogP contribution in [0, 0.1) is 10.1 Å². The summed E-state index contributed by atoms with van der Waals surface area (Å²) in [5, 5.41) is 13.2. The van der Waals surface area contributed by atoms with Gasteiger partial charge in [0.2, 0.25) is 5.15 Å². The number of nitrogens with one attached hydrogen (secondary N) is 1. The predicted molar refractivity (Wildman–Crippen MR) is 71.4 cm³/mol. The molecule has 7 nitrogen and oxygen atoms in total. The molecule has 0 fully saturated rings. The van der Waals surface area contributed by atoms with Crippen molar-refractivity contribution in [2.75, 3.05) is 26.7 Å². The zero-order valence-electron chi connectivity index (χ0n) is 10.7. The van der Waals surface area contributed by atoms with Crippen LogP contribution in [0.1, 0.15) is 17.3 Å². The van der Waals surface area contributed by atoms with Crippen LogP contribution in [0.2, 0.25) is 5.15 Å². The molecule has 1 aromatic rings. The number of hydrogen-bond acceptors (Lipinski definition) is 5. The topological polar surface area (TPSA) is 88.4 Å². The fraction of sp³-hybridized carbons (Fsp3) is 0.455. The number of carbonyl (C=O) groups is 1. The second-order valence-electron chi connectivity index (χ2n) is 3.91. The Bertz CT molecular complexity index is 481. The molecule has 0 unspecified atom stereocenters. The Kier molecular flexibility index (Phi) is 5.65. The molecule has 0 radical (unpaired) electrons. The summed E-state index contributed by atoms with van der Waals surface area (Å²) >= 11 is 5.63. The van der Waals surface area contributed by atoms with Gasteiger partial charge in [-0.05, 0) is 19.7 Å². The van der Waals surface area contributed by atoms with Gasteiger partial charge in [-0.3, -0.25) is 14.9 Å². The number of amides is 1. The van der Waals surface area contributed by atoms with Crippen molar-refractivity contribution in [2.45, 2.75) is 6.92 Å². The second kappa shape index (κ2) is 7.01. The number of aromatic nitrogens is 1. The molecule has 0 aromatic carbocycles. The Morgan fingerprint density at radius 1 is 1.63 bits per heavy atom. The molecule has 0 aliphatic heterocycles. The molecule has 104 valence electrons. The number of carbonyl (C=O) groups excluding carboxylic acids is 1. The van der Waals surface area contributed by atoms with E-state index in [0.29, 0.717) is 13.1 Å². The summed E-state index contributed by atoms with van der Waals surface area (Å²) in [6, 6.07) is 1.28. The fourth-order valence-corrected chi connectivity index (χ4v) is 1.63. The van der Waals surface area contributed by atoms with E-state index >= 15 is 0 Å². The van der Waals surface area contributed by atoms with E-state index in [0.717, 1.165) is 6.54 Å². The standard InChI is InChI=1S/C11H15ClN4O3/c1-3-15(2)7-6-14-11(17)8-4-5-13-10(12)9(8)16(18)19/h4-5H,3,6-7H2,1-2H3,(H,14,17). The minimum Gasteiger partial charge on any atom is -0.351 e. The van der Waals surface area contributed by atoms with Crippen molar-refractivity contribution in [3.8, 4) is 0 Å². The van der Waals surface area contributed by atoms with Gasteiger partial charge in [-0.2, -0.15) is 0 Å². The first kappa shape index (κ1) is 15.3. The Morgan fingerprint density at radius 3 is 2.89 bits per heavy atom. The van der Waals surface area contributed by atoms with Gasteiger partial charge >= 0.3 is 5.69 Å². The third-order valence-corrected chi connectivity index (χ3v) is 2.90. The Hall–Kier alpha value is -1.73. The summed E-state index contributed by atoms with van der Waals surface area (Å²) in [7, 11) is 1.91. The van der Waals surface area contributed by atoms with E-state index in [9.17, 15) is 14.9 Å². The largest absolute Gasteiger partial charge is 0.351 e. The molecule has 0 saturated heterocycles. The van der Waals surface area contributed by atoms with Crippen molar-refractivity contribution in [3.05, 3.63) is 33.1 Å². The molecule has 1 N–H and O–H groups in total. The van der Waals surface area contributed by atoms with Gasteiger partial charge in [0.25, 0.3) is 5.91 Å². The van der Waals surface area contributed by atoms with Gasteiger partial charge in [0.1, 0.15) is 5.56 Å². The number of pyridine rings is 1. The Morgan fingerprint density at radius 2 is 2.32 bits per heavy atom. The van der Waals surface area contributed by atoms with Crippen LogP contribution < -0.4 is 5.32 Å². The van der Waals surface area contributed by atoms with E-state index in [1.807, 2.05) is 18.9 Å². The molecular weight excluding hydrogens is 272 g/mol. The number of rotatable bonds is 6. The van der Waals surface area contributed by atoms with E-state index in [2.05, 4.69) is 10.3 Å². The Balaban J connectivity index is 2.77. The van der Waals surface area contributed by atoms with Gasteiger partial charge in [-0.25, -0.2) is 4.98 Å². The first-order valence-electron chi connectivity index (χ1n) is 5.73. The maximum absolute atomic E-state index is 11.9. The van der Waals surface area contributed by atoms with E-state index in [1.54, 1.807) is 0 Å². The molecule has 1 heterocycles. The number of nitro groups is 1. The molecule has 0 atom stereocenters. The van der Waals surface area contributed by atoms with Gasteiger partial charge in [0, 0.05) is 19.3 Å². The lowest BCUT2D eigenvalue weighted by Crippen LogP contribution is -2.33. The highest BCUT2D eigenvalue weighted by Gasteiger charge is 2.24. The summed E-state index contributed by atoms with van der Waals surface area (Å²) in [4.78, 5) is 27.6. The van der Waals surface area contributed by atoms with Crippen LogP contribution in [0.4, 0.5) is 5.69 Å². The maximum atomic E-state index is 11.9. The van der Waals surface area contributed by atoms with Gasteiger partial charge in [-0.1, -0.05) is 18.5 Å². The number of halogens is 1. The van der Waals surface area contributed by atoms with Crippen LogP contribution in [-0.4, -0.2) is 47.4 Å². The van der Waals surface area contributed by atoms with Crippen molar-refractivity contribution < 1.29 is 9.72 Å². The third kappa shape index (κ3) is 4.15. The summed E-state index contributed by atoms with van der Waals surface area (Å²) in [6.07, 6.45) is 1.27. The summed E-state index contributed by atoms with van der Waals surface area (Å²) in [5.41, 5.74) is -0.547. The van der Waals surface area contributed by atoms with E-state index in [-0.39, 0.29) is 10.7 Å². The molecule has 1 aromatic heterocycles. The third-order valence-electron chi connectivity index (χ3n) is 2.63. The van der Waals surface area contributed by atoms with Crippen LogP contribution in [0.5, 0.6) is 0 Å². The van der Waals surface area contributed by atoms with E-state index in [4.69, 9.17) is 11.6 Å². The van der Waals surface area contributed by atoms with E-state index in [1.165, 1.54) is 12.3 Å². The van der Waals surface area contributed by atoms with Crippen LogP contribution in [0.15, 0.2) is 12.3 Å². The first-order valence-corrected chi connectivity index (χ1v) is 6.10. The highest BCUT2D eigenvalue weighted by molar-refractivity contribution is 6.32. The molecule has 1 amide bonds. The Labute approximate surface area is 115 Å². The van der Waals surface area contributed by atoms with Crippen LogP contribution >= 0.6 is 11.6 Å². The lowest BCUT2D eigenvalue weighted by Gasteiger charge is -2.13. The smallest absolute Gasteiger partial charge is 0.319 e. The second-order valence-corrected chi connectivity index (χ2v) is 4.26. The lowest BCUT2D eigenvalue weighted by molar-refractivity contribution is -0.385. The molecule has 0 aliphatic carbocycles. The van der Waals surface area contributed by atoms with Gasteiger partial charge < -0.3 is 10.2 Å². The summed E-state index contributed by atoms with van der Waals surface area (Å²) in [6.45, 7) is 3.92. The van der Waals surface area contributed by atoms with Gasteiger partial charge in [-0.15, -0.1) is 0 Å². The van der Waals surface area contributed by atoms with Crippen molar-refractivity contribution >= 4 is 23.2 Å². The lowest BCUT2D eigenvalue weighted by atomic mass is 10.2. The van der Waals surface area contributed by atoms with Crippen molar-refractivity contribution in [3.63, 3.8) is 0 Å². The van der Waals surface area contributed by atoms with Gasteiger partial charge in [0.05, 0.1) is 4.92 Å². The van der Waals surface area contributed by atoms with Crippen LogP contribution in [-0.2, 0) is 0 Å². The molecule has 0 bridgehead atoms. The van der Waals surface area contributed by atoms with Crippen molar-refractivity contribution in [2.24, 2.45) is 0 Å². The normalized spacial score (nSPS) is 10.5. The van der Waals surface area contributed by atoms with Crippen molar-refractivity contribution in [1.82, 2.24) is 15.2 Å². The number of nitrogens with zero attached hydrogens (tertiary/aromatic N) is 3. The van der Waals surface area contributed by atoms with Crippen molar-refractivity contribution in [1.29, 1.82) is 0 Å². The highest BCUT2D eigenvalue weighted by atomic mass is 35.5. The summed E-state index contributed by atoms with van der Waals surface area (Å²) in [5.74, 6) is -0.527. The minimum atomic E-state index is -0.706. The quantitative estimate of drug-likeness (QED) is 0.484. The molecule has 0 spiro atoms. The number of likely N-dealkylation sites (N-methyl/N-ethyl adjacent to an activating group) is 1. The predicted octanol–water partition coefficient (Wildman–Crippen LogP) is 1.32. The average molecular weight is 287 g/mol. The minimum absolute atomic E-state index is 0.0795. The van der Waals surface area contributed by atoms with Crippen LogP contribution in [0.3, 0.4) is 0 Å². The maximum Gasteiger partial charge on any atom is 0.319 e. The van der Waals surface area contributed by atoms with Gasteiger partial charge in [0.15, 0.2) is 0 Å². The zero-order chi connectivity index (χ0) is 14.4. The molecule has 19 heavy (non-hydrogen) atoms. The molecule has 1 rings (SSSR count). The molecule has 8 heteroatoms. The molecule has 0 saturated carbocycles. The first-order chi connectivity index (χ1) is 8.97. The molecular formula is C11H15ClN4O3. The zero-order valence-corrected chi connectivity index (χ0v) is 11.5. The fourth-order valence-electron chi connectivity index (χ4n) is 1.40. The average Bonchev–Trinajstić information content (AvgIpc) is 2.37. The SMILES string of the molecule is CCN(C)CCNC(=O)c1ccnc(Cl)c1[N+](=O)[O-]. The van der Waals surface area contributed by atoms with E-state index < -0.39 is 16.5 Å². The molecule has 0 aliphatic rings. The van der Waals surface area contributed by atoms with Crippen LogP contribution in [0.25, 0.3) is 0 Å². The monoisotopic (exact) mass is 286 g/mol. The number of hydrogen-bond donors (Lipinski definition) is 1. The highest BCUT2D eigenvalue weighted by Crippen LogP contribution is 2.25.